The van der Waals surface area contributed by atoms with Crippen molar-refractivity contribution in [2.45, 2.75) is 19.8 Å². The van der Waals surface area contributed by atoms with Crippen molar-refractivity contribution in [2.24, 2.45) is 5.92 Å². The summed E-state index contributed by atoms with van der Waals surface area (Å²) in [6, 6.07) is 10.5. The van der Waals surface area contributed by atoms with Crippen molar-refractivity contribution >= 4 is 56.4 Å². The van der Waals surface area contributed by atoms with E-state index < -0.39 is 0 Å². The Hall–Kier alpha value is -2.45. The van der Waals surface area contributed by atoms with Gasteiger partial charge in [-0.15, -0.1) is 0 Å². The Labute approximate surface area is 177 Å². The van der Waals surface area contributed by atoms with Crippen LogP contribution in [0.2, 0.25) is 0 Å². The van der Waals surface area contributed by atoms with Crippen LogP contribution >= 0.6 is 28.1 Å². The van der Waals surface area contributed by atoms with E-state index in [1.165, 1.54) is 0 Å². The molecule has 0 atom stereocenters. The predicted octanol–water partition coefficient (Wildman–Crippen LogP) is 4.24. The fraction of sp³-hybridized carbons (Fsp3) is 0.250. The van der Waals surface area contributed by atoms with Gasteiger partial charge >= 0.3 is 0 Å². The van der Waals surface area contributed by atoms with E-state index in [0.717, 1.165) is 24.1 Å². The maximum atomic E-state index is 12.4. The van der Waals surface area contributed by atoms with Gasteiger partial charge in [-0.1, -0.05) is 6.07 Å². The van der Waals surface area contributed by atoms with Crippen molar-refractivity contribution in [1.82, 2.24) is 5.32 Å². The number of benzene rings is 2. The topological polar surface area (TPSA) is 79.5 Å². The molecule has 2 aromatic rings. The van der Waals surface area contributed by atoms with Gasteiger partial charge in [-0.25, -0.2) is 0 Å². The quantitative estimate of drug-likeness (QED) is 0.580. The van der Waals surface area contributed by atoms with E-state index in [0.29, 0.717) is 21.5 Å². The minimum absolute atomic E-state index is 0.0428. The largest absolute Gasteiger partial charge is 0.496 e. The van der Waals surface area contributed by atoms with Crippen molar-refractivity contribution in [3.05, 3.63) is 52.0 Å². The van der Waals surface area contributed by atoms with Crippen LogP contribution in [0.4, 0.5) is 11.4 Å². The van der Waals surface area contributed by atoms with Crippen molar-refractivity contribution in [3.63, 3.8) is 0 Å². The summed E-state index contributed by atoms with van der Waals surface area (Å²) in [6.45, 7) is 1.92. The van der Waals surface area contributed by atoms with Gasteiger partial charge in [-0.2, -0.15) is 0 Å². The van der Waals surface area contributed by atoms with E-state index in [2.05, 4.69) is 31.9 Å². The molecule has 1 saturated carbocycles. The number of hydrogen-bond acceptors (Lipinski definition) is 4. The van der Waals surface area contributed by atoms with Crippen LogP contribution in [0, 0.1) is 12.8 Å². The van der Waals surface area contributed by atoms with Gasteiger partial charge in [0.05, 0.1) is 11.6 Å². The van der Waals surface area contributed by atoms with E-state index >= 15 is 0 Å². The molecule has 6 nitrogen and oxygen atoms in total. The molecule has 0 bridgehead atoms. The fourth-order valence-electron chi connectivity index (χ4n) is 2.56. The Balaban J connectivity index is 1.63. The molecule has 2 aromatic carbocycles. The number of carbonyl (C=O) groups excluding carboxylic acids is 2. The molecule has 8 heteroatoms. The number of ether oxygens (including phenoxy) is 1. The number of amides is 2. The average Bonchev–Trinajstić information content (AvgIpc) is 3.49. The number of hydrogen-bond donors (Lipinski definition) is 3. The summed E-state index contributed by atoms with van der Waals surface area (Å²) >= 11 is 8.60. The summed E-state index contributed by atoms with van der Waals surface area (Å²) in [5.74, 6) is 0.467. The summed E-state index contributed by atoms with van der Waals surface area (Å²) in [7, 11) is 1.56. The summed E-state index contributed by atoms with van der Waals surface area (Å²) in [5, 5.41) is 8.73. The Kier molecular flexibility index (Phi) is 6.31. The third-order valence-corrected chi connectivity index (χ3v) is 5.17. The molecular weight excluding hydrogens is 442 g/mol. The molecule has 1 aliphatic rings. The molecule has 0 unspecified atom stereocenters. The number of anilines is 2. The number of rotatable bonds is 5. The van der Waals surface area contributed by atoms with E-state index in [1.54, 1.807) is 31.4 Å². The van der Waals surface area contributed by atoms with Gasteiger partial charge in [0.1, 0.15) is 5.75 Å². The lowest BCUT2D eigenvalue weighted by Crippen LogP contribution is -2.34. The van der Waals surface area contributed by atoms with Crippen LogP contribution in [0.5, 0.6) is 5.75 Å². The molecule has 0 spiro atoms. The van der Waals surface area contributed by atoms with Gasteiger partial charge in [0.15, 0.2) is 5.11 Å². The molecule has 3 N–H and O–H groups in total. The zero-order valence-corrected chi connectivity index (χ0v) is 17.9. The molecule has 0 aliphatic heterocycles. The van der Waals surface area contributed by atoms with E-state index in [4.69, 9.17) is 17.0 Å². The van der Waals surface area contributed by atoms with Gasteiger partial charge in [0.2, 0.25) is 5.91 Å². The monoisotopic (exact) mass is 461 g/mol. The molecule has 1 fully saturated rings. The Bertz CT molecular complexity index is 944. The third kappa shape index (κ3) is 5.08. The SMILES string of the molecule is COc1ccc(C(=O)NC(=S)Nc2ccc(C)c(NC(=O)C3CC3)c2)cc1Br. The molecule has 0 saturated heterocycles. The molecule has 0 aromatic heterocycles. The number of nitrogens with one attached hydrogen (secondary N) is 3. The highest BCUT2D eigenvalue weighted by molar-refractivity contribution is 9.10. The molecule has 2 amide bonds. The van der Waals surface area contributed by atoms with E-state index in [1.807, 2.05) is 19.1 Å². The Morgan fingerprint density at radius 3 is 2.54 bits per heavy atom. The van der Waals surface area contributed by atoms with Crippen molar-refractivity contribution < 1.29 is 14.3 Å². The van der Waals surface area contributed by atoms with Crippen LogP contribution < -0.4 is 20.7 Å². The first-order valence-corrected chi connectivity index (χ1v) is 9.95. The lowest BCUT2D eigenvalue weighted by Gasteiger charge is -2.13. The average molecular weight is 462 g/mol. The smallest absolute Gasteiger partial charge is 0.257 e. The number of methoxy groups -OCH3 is 1. The highest BCUT2D eigenvalue weighted by Gasteiger charge is 2.29. The van der Waals surface area contributed by atoms with Gasteiger partial charge in [-0.3, -0.25) is 14.9 Å². The van der Waals surface area contributed by atoms with E-state index in [9.17, 15) is 9.59 Å². The molecule has 0 heterocycles. The number of aryl methyl sites for hydroxylation is 1. The lowest BCUT2D eigenvalue weighted by molar-refractivity contribution is -0.117. The maximum Gasteiger partial charge on any atom is 0.257 e. The second kappa shape index (κ2) is 8.70. The summed E-state index contributed by atoms with van der Waals surface area (Å²) in [5.41, 5.74) is 2.81. The van der Waals surface area contributed by atoms with Crippen LogP contribution in [-0.4, -0.2) is 24.0 Å². The van der Waals surface area contributed by atoms with Crippen LogP contribution in [0.3, 0.4) is 0 Å². The zero-order valence-electron chi connectivity index (χ0n) is 15.5. The van der Waals surface area contributed by atoms with Crippen LogP contribution in [0.15, 0.2) is 40.9 Å². The van der Waals surface area contributed by atoms with Crippen LogP contribution in [0.1, 0.15) is 28.8 Å². The highest BCUT2D eigenvalue weighted by atomic mass is 79.9. The summed E-state index contributed by atoms with van der Waals surface area (Å²) < 4.78 is 5.84. The molecule has 146 valence electrons. The van der Waals surface area contributed by atoms with Gasteiger partial charge in [-0.05, 0) is 83.8 Å². The van der Waals surface area contributed by atoms with Gasteiger partial charge < -0.3 is 15.4 Å². The summed E-state index contributed by atoms with van der Waals surface area (Å²) in [4.78, 5) is 24.4. The summed E-state index contributed by atoms with van der Waals surface area (Å²) in [6.07, 6.45) is 1.89. The molecule has 0 radical (unpaired) electrons. The van der Waals surface area contributed by atoms with Crippen LogP contribution in [-0.2, 0) is 4.79 Å². The number of carbonyl (C=O) groups is 2. The minimum Gasteiger partial charge on any atom is -0.496 e. The normalized spacial score (nSPS) is 12.8. The van der Waals surface area contributed by atoms with Crippen LogP contribution in [0.25, 0.3) is 0 Å². The first-order valence-electron chi connectivity index (χ1n) is 8.74. The lowest BCUT2D eigenvalue weighted by atomic mass is 10.1. The first-order chi connectivity index (χ1) is 13.4. The predicted molar refractivity (Wildman–Crippen MR) is 117 cm³/mol. The fourth-order valence-corrected chi connectivity index (χ4v) is 3.31. The first kappa shape index (κ1) is 20.3. The third-order valence-electron chi connectivity index (χ3n) is 4.34. The van der Waals surface area contributed by atoms with Gasteiger partial charge in [0, 0.05) is 22.9 Å². The van der Waals surface area contributed by atoms with E-state index in [-0.39, 0.29) is 22.8 Å². The second-order valence-corrected chi connectivity index (χ2v) is 7.81. The Morgan fingerprint density at radius 2 is 1.89 bits per heavy atom. The zero-order chi connectivity index (χ0) is 20.3. The van der Waals surface area contributed by atoms with Crippen molar-refractivity contribution in [1.29, 1.82) is 0 Å². The number of halogens is 1. The van der Waals surface area contributed by atoms with Crippen molar-refractivity contribution in [3.8, 4) is 5.75 Å². The minimum atomic E-state index is -0.338. The molecular formula is C20H20BrN3O3S. The molecule has 28 heavy (non-hydrogen) atoms. The van der Waals surface area contributed by atoms with Crippen molar-refractivity contribution in [2.75, 3.05) is 17.7 Å². The Morgan fingerprint density at radius 1 is 1.14 bits per heavy atom. The second-order valence-electron chi connectivity index (χ2n) is 6.55. The number of thiocarbonyl (C=S) groups is 1. The molecule has 3 rings (SSSR count). The highest BCUT2D eigenvalue weighted by Crippen LogP contribution is 2.31. The standard InChI is InChI=1S/C20H20BrN3O3S/c1-11-3-7-14(10-16(11)23-18(25)12-4-5-12)22-20(28)24-19(26)13-6-8-17(27-2)15(21)9-13/h3,6-10,12H,4-5H2,1-2H3,(H,23,25)(H2,22,24,26,28). The molecule has 1 aliphatic carbocycles. The van der Waals surface area contributed by atoms with Gasteiger partial charge in [0.25, 0.3) is 5.91 Å². The maximum absolute atomic E-state index is 12.4.